The van der Waals surface area contributed by atoms with Crippen molar-refractivity contribution in [3.63, 3.8) is 0 Å². The quantitative estimate of drug-likeness (QED) is 0.704. The number of hydrogen-bond donors (Lipinski definition) is 1. The molecule has 0 unspecified atom stereocenters. The minimum absolute atomic E-state index is 0.134. The molecular formula is C22H28F2N2. The van der Waals surface area contributed by atoms with Gasteiger partial charge in [-0.05, 0) is 75.5 Å². The zero-order valence-electron chi connectivity index (χ0n) is 15.3. The molecule has 1 aliphatic rings. The molecule has 2 aromatic carbocycles. The Hall–Kier alpha value is -1.78. The van der Waals surface area contributed by atoms with Gasteiger partial charge in [-0.1, -0.05) is 36.4 Å². The molecule has 0 atom stereocenters. The molecule has 2 aromatic rings. The number of nitrogens with one attached hydrogen (secondary N) is 1. The summed E-state index contributed by atoms with van der Waals surface area (Å²) in [7, 11) is 0. The van der Waals surface area contributed by atoms with E-state index in [4.69, 9.17) is 0 Å². The molecule has 1 fully saturated rings. The van der Waals surface area contributed by atoms with Gasteiger partial charge in [-0.3, -0.25) is 0 Å². The summed E-state index contributed by atoms with van der Waals surface area (Å²) >= 11 is 0. The summed E-state index contributed by atoms with van der Waals surface area (Å²) in [5, 5.41) is 3.16. The van der Waals surface area contributed by atoms with Gasteiger partial charge in [-0.25, -0.2) is 8.78 Å². The highest BCUT2D eigenvalue weighted by Crippen LogP contribution is 2.21. The Balaban J connectivity index is 1.29. The van der Waals surface area contributed by atoms with E-state index in [1.807, 2.05) is 0 Å². The third-order valence-electron chi connectivity index (χ3n) is 5.27. The average molecular weight is 358 g/mol. The molecule has 0 aliphatic carbocycles. The highest BCUT2D eigenvalue weighted by molar-refractivity contribution is 5.19. The van der Waals surface area contributed by atoms with Crippen molar-refractivity contribution in [3.05, 3.63) is 71.3 Å². The fraction of sp³-hybridized carbons (Fsp3) is 0.455. The zero-order chi connectivity index (χ0) is 18.2. The van der Waals surface area contributed by atoms with Crippen LogP contribution in [-0.2, 0) is 13.0 Å². The number of likely N-dealkylation sites (tertiary alicyclic amines) is 1. The number of benzene rings is 2. The third-order valence-corrected chi connectivity index (χ3v) is 5.27. The maximum absolute atomic E-state index is 13.6. The van der Waals surface area contributed by atoms with Gasteiger partial charge in [0.2, 0.25) is 0 Å². The zero-order valence-corrected chi connectivity index (χ0v) is 15.3. The lowest BCUT2D eigenvalue weighted by Crippen LogP contribution is -2.36. The molecule has 1 heterocycles. The summed E-state index contributed by atoms with van der Waals surface area (Å²) in [5.74, 6) is -0.160. The Labute approximate surface area is 155 Å². The van der Waals surface area contributed by atoms with Gasteiger partial charge in [0, 0.05) is 12.1 Å². The molecule has 0 aromatic heterocycles. The van der Waals surface area contributed by atoms with Gasteiger partial charge in [0.05, 0.1) is 0 Å². The Morgan fingerprint density at radius 1 is 0.923 bits per heavy atom. The van der Waals surface area contributed by atoms with Crippen LogP contribution in [0.5, 0.6) is 0 Å². The predicted octanol–water partition coefficient (Wildman–Crippen LogP) is 4.40. The minimum Gasteiger partial charge on any atom is -0.312 e. The van der Waals surface area contributed by atoms with Crippen LogP contribution in [-0.4, -0.2) is 31.1 Å². The van der Waals surface area contributed by atoms with Crippen LogP contribution < -0.4 is 5.32 Å². The molecule has 1 N–H and O–H groups in total. The van der Waals surface area contributed by atoms with Crippen LogP contribution >= 0.6 is 0 Å². The molecule has 2 nitrogen and oxygen atoms in total. The van der Waals surface area contributed by atoms with Crippen LogP contribution in [0.4, 0.5) is 8.78 Å². The fourth-order valence-corrected chi connectivity index (χ4v) is 3.70. The van der Waals surface area contributed by atoms with E-state index < -0.39 is 11.6 Å². The summed E-state index contributed by atoms with van der Waals surface area (Å²) in [6.07, 6.45) is 4.69. The lowest BCUT2D eigenvalue weighted by atomic mass is 9.90. The van der Waals surface area contributed by atoms with E-state index in [0.717, 1.165) is 38.5 Å². The molecule has 0 spiro atoms. The lowest BCUT2D eigenvalue weighted by molar-refractivity contribution is 0.182. The predicted molar refractivity (Wildman–Crippen MR) is 102 cm³/mol. The van der Waals surface area contributed by atoms with Crippen LogP contribution in [0.1, 0.15) is 30.4 Å². The van der Waals surface area contributed by atoms with Crippen molar-refractivity contribution in [1.29, 1.82) is 0 Å². The van der Waals surface area contributed by atoms with Gasteiger partial charge in [0.1, 0.15) is 11.6 Å². The Kier molecular flexibility index (Phi) is 7.15. The normalized spacial score (nSPS) is 16.1. The molecule has 4 heteroatoms. The smallest absolute Gasteiger partial charge is 0.130 e. The third kappa shape index (κ3) is 5.61. The monoisotopic (exact) mass is 358 g/mol. The number of hydrogen-bond acceptors (Lipinski definition) is 2. The van der Waals surface area contributed by atoms with Gasteiger partial charge in [0.15, 0.2) is 0 Å². The Bertz CT molecular complexity index is 647. The standard InChI is InChI=1S/C22H28F2N2/c23-21-8-4-9-22(24)20(21)17-25-12-5-13-26-14-10-19(11-15-26)16-18-6-2-1-3-7-18/h1-4,6-9,19,25H,5,10-17H2. The molecule has 0 radical (unpaired) electrons. The van der Waals surface area contributed by atoms with Crippen LogP contribution in [0.3, 0.4) is 0 Å². The summed E-state index contributed by atoms with van der Waals surface area (Å²) in [5.41, 5.74) is 1.57. The SMILES string of the molecule is Fc1cccc(F)c1CNCCCN1CCC(Cc2ccccc2)CC1. The first-order chi connectivity index (χ1) is 12.7. The van der Waals surface area contributed by atoms with Crippen molar-refractivity contribution in [3.8, 4) is 0 Å². The molecule has 3 rings (SSSR count). The van der Waals surface area contributed by atoms with E-state index in [2.05, 4.69) is 40.5 Å². The molecular weight excluding hydrogens is 330 g/mol. The molecule has 140 valence electrons. The van der Waals surface area contributed by atoms with E-state index >= 15 is 0 Å². The van der Waals surface area contributed by atoms with Crippen molar-refractivity contribution in [1.82, 2.24) is 10.2 Å². The first kappa shape index (κ1) is 19.0. The van der Waals surface area contributed by atoms with Gasteiger partial charge in [0.25, 0.3) is 0 Å². The van der Waals surface area contributed by atoms with Crippen molar-refractivity contribution >= 4 is 0 Å². The Morgan fingerprint density at radius 3 is 2.31 bits per heavy atom. The maximum Gasteiger partial charge on any atom is 0.130 e. The van der Waals surface area contributed by atoms with E-state index in [0.29, 0.717) is 0 Å². The van der Waals surface area contributed by atoms with Crippen LogP contribution in [0, 0.1) is 17.6 Å². The molecule has 0 bridgehead atoms. The van der Waals surface area contributed by atoms with Gasteiger partial charge in [-0.2, -0.15) is 0 Å². The van der Waals surface area contributed by atoms with Gasteiger partial charge in [-0.15, -0.1) is 0 Å². The van der Waals surface area contributed by atoms with E-state index in [9.17, 15) is 8.78 Å². The molecule has 1 aliphatic heterocycles. The second kappa shape index (κ2) is 9.79. The first-order valence-corrected chi connectivity index (χ1v) is 9.62. The van der Waals surface area contributed by atoms with Crippen molar-refractivity contribution in [2.45, 2.75) is 32.2 Å². The highest BCUT2D eigenvalue weighted by Gasteiger charge is 2.19. The topological polar surface area (TPSA) is 15.3 Å². The second-order valence-corrected chi connectivity index (χ2v) is 7.21. The number of rotatable bonds is 8. The Morgan fingerprint density at radius 2 is 1.62 bits per heavy atom. The van der Waals surface area contributed by atoms with Crippen molar-refractivity contribution < 1.29 is 8.78 Å². The molecule has 1 saturated heterocycles. The van der Waals surface area contributed by atoms with Gasteiger partial charge < -0.3 is 10.2 Å². The van der Waals surface area contributed by atoms with Crippen molar-refractivity contribution in [2.24, 2.45) is 5.92 Å². The molecule has 26 heavy (non-hydrogen) atoms. The summed E-state index contributed by atoms with van der Waals surface area (Å²) in [4.78, 5) is 2.51. The lowest BCUT2D eigenvalue weighted by Gasteiger charge is -2.32. The largest absolute Gasteiger partial charge is 0.312 e. The summed E-state index contributed by atoms with van der Waals surface area (Å²) in [6, 6.07) is 14.7. The summed E-state index contributed by atoms with van der Waals surface area (Å²) < 4.78 is 27.1. The molecule has 0 amide bonds. The van der Waals surface area contributed by atoms with Crippen LogP contribution in [0.25, 0.3) is 0 Å². The van der Waals surface area contributed by atoms with E-state index in [-0.39, 0.29) is 12.1 Å². The second-order valence-electron chi connectivity index (χ2n) is 7.21. The minimum atomic E-state index is -0.474. The highest BCUT2D eigenvalue weighted by atomic mass is 19.1. The molecule has 0 saturated carbocycles. The maximum atomic E-state index is 13.6. The van der Waals surface area contributed by atoms with Gasteiger partial charge >= 0.3 is 0 Å². The van der Waals surface area contributed by atoms with Crippen molar-refractivity contribution in [2.75, 3.05) is 26.2 Å². The average Bonchev–Trinajstić information content (AvgIpc) is 2.66. The fourth-order valence-electron chi connectivity index (χ4n) is 3.70. The first-order valence-electron chi connectivity index (χ1n) is 9.62. The van der Waals surface area contributed by atoms with Crippen LogP contribution in [0.2, 0.25) is 0 Å². The van der Waals surface area contributed by atoms with Crippen LogP contribution in [0.15, 0.2) is 48.5 Å². The number of halogens is 2. The number of piperidine rings is 1. The van der Waals surface area contributed by atoms with E-state index in [1.54, 1.807) is 0 Å². The summed E-state index contributed by atoms with van der Waals surface area (Å²) in [6.45, 7) is 4.37. The van der Waals surface area contributed by atoms with E-state index in [1.165, 1.54) is 43.0 Å². The number of nitrogens with zero attached hydrogens (tertiary/aromatic N) is 1.